The summed E-state index contributed by atoms with van der Waals surface area (Å²) in [6.07, 6.45) is 9.89. The van der Waals surface area contributed by atoms with Crippen LogP contribution in [-0.2, 0) is 19.1 Å². The van der Waals surface area contributed by atoms with Crippen molar-refractivity contribution in [1.82, 2.24) is 0 Å². The van der Waals surface area contributed by atoms with Crippen LogP contribution in [0.1, 0.15) is 114 Å². The first-order chi connectivity index (χ1) is 12.4. The molecular weight excluding hydrogens is 379 g/mol. The maximum atomic E-state index is 12.6. The van der Waals surface area contributed by atoms with E-state index in [0.29, 0.717) is 0 Å². The van der Waals surface area contributed by atoms with Gasteiger partial charge in [0.25, 0.3) is 0 Å². The van der Waals surface area contributed by atoms with Crippen molar-refractivity contribution in [2.75, 3.05) is 0 Å². The van der Waals surface area contributed by atoms with Gasteiger partial charge in [0, 0.05) is 10.8 Å². The van der Waals surface area contributed by atoms with E-state index < -0.39 is 23.1 Å². The molecular formula is C23H41KO4. The molecule has 2 rings (SSSR count). The van der Waals surface area contributed by atoms with Crippen molar-refractivity contribution in [1.29, 1.82) is 0 Å². The van der Waals surface area contributed by atoms with Crippen molar-refractivity contribution in [3.63, 3.8) is 0 Å². The Kier molecular flexibility index (Phi) is 9.75. The zero-order valence-corrected chi connectivity index (χ0v) is 22.5. The Hall–Kier alpha value is 0.576. The Morgan fingerprint density at radius 3 is 1.21 bits per heavy atom. The molecule has 2 fully saturated rings. The maximum Gasteiger partial charge on any atom is 1.00 e. The van der Waals surface area contributed by atoms with Crippen LogP contribution in [0.3, 0.4) is 0 Å². The first kappa shape index (κ1) is 26.6. The van der Waals surface area contributed by atoms with Crippen LogP contribution in [0.5, 0.6) is 0 Å². The van der Waals surface area contributed by atoms with Crippen molar-refractivity contribution in [2.24, 2.45) is 10.8 Å². The second-order valence-electron chi connectivity index (χ2n) is 10.7. The Morgan fingerprint density at radius 1 is 0.679 bits per heavy atom. The molecule has 0 N–H and O–H groups in total. The molecule has 2 aliphatic carbocycles. The van der Waals surface area contributed by atoms with E-state index in [2.05, 4.69) is 41.5 Å². The quantitative estimate of drug-likeness (QED) is 0.398. The minimum atomic E-state index is -0.463. The molecule has 0 bridgehead atoms. The molecule has 158 valence electrons. The Labute approximate surface area is 216 Å². The van der Waals surface area contributed by atoms with Gasteiger partial charge in [-0.15, -0.1) is 0 Å². The molecule has 0 atom stereocenters. The average molecular weight is 421 g/mol. The van der Waals surface area contributed by atoms with Gasteiger partial charge in [-0.05, 0) is 51.4 Å². The van der Waals surface area contributed by atoms with Gasteiger partial charge in [0.05, 0.1) is 0 Å². The number of hydrogen-bond acceptors (Lipinski definition) is 4. The van der Waals surface area contributed by atoms with Gasteiger partial charge in [-0.3, -0.25) is 9.59 Å². The van der Waals surface area contributed by atoms with E-state index >= 15 is 0 Å². The predicted molar refractivity (Wildman–Crippen MR) is 108 cm³/mol. The molecule has 0 saturated heterocycles. The van der Waals surface area contributed by atoms with Crippen LogP contribution in [0.25, 0.3) is 0 Å². The number of esters is 2. The van der Waals surface area contributed by atoms with Crippen molar-refractivity contribution < 1.29 is 71.9 Å². The summed E-state index contributed by atoms with van der Waals surface area (Å²) in [7, 11) is 0. The largest absolute Gasteiger partial charge is 1.00 e. The second kappa shape index (κ2) is 10.3. The molecule has 0 aliphatic heterocycles. The third kappa shape index (κ3) is 6.29. The third-order valence-electron chi connectivity index (χ3n) is 6.96. The Morgan fingerprint density at radius 2 is 0.964 bits per heavy atom. The molecule has 0 radical (unpaired) electrons. The van der Waals surface area contributed by atoms with E-state index in [0.717, 1.165) is 51.4 Å². The molecule has 0 heterocycles. The summed E-state index contributed by atoms with van der Waals surface area (Å²) in [6.45, 7) is 12.8. The van der Waals surface area contributed by atoms with E-state index in [9.17, 15) is 9.59 Å². The zero-order chi connectivity index (χ0) is 20.3. The van der Waals surface area contributed by atoms with Crippen molar-refractivity contribution >= 4 is 11.9 Å². The van der Waals surface area contributed by atoms with Crippen molar-refractivity contribution in [3.05, 3.63) is 0 Å². The summed E-state index contributed by atoms with van der Waals surface area (Å²) in [5, 5.41) is 0. The third-order valence-corrected chi connectivity index (χ3v) is 6.96. The minimum Gasteiger partial charge on any atom is -1.00 e. The molecule has 5 heteroatoms. The van der Waals surface area contributed by atoms with Crippen LogP contribution in [0.15, 0.2) is 0 Å². The normalized spacial score (nSPS) is 21.9. The molecule has 0 aromatic heterocycles. The summed E-state index contributed by atoms with van der Waals surface area (Å²) < 4.78 is 12.0. The van der Waals surface area contributed by atoms with Crippen LogP contribution >= 0.6 is 0 Å². The Balaban J connectivity index is 0.00000392. The fourth-order valence-corrected chi connectivity index (χ4v) is 4.88. The topological polar surface area (TPSA) is 52.6 Å². The predicted octanol–water partition coefficient (Wildman–Crippen LogP) is 3.08. The van der Waals surface area contributed by atoms with Crippen LogP contribution in [0.2, 0.25) is 0 Å². The van der Waals surface area contributed by atoms with E-state index in [1.54, 1.807) is 0 Å². The summed E-state index contributed by atoms with van der Waals surface area (Å²) >= 11 is 0. The SMILES string of the molecule is CC(C)(C)C1(OC(=O)CC(=O)OC2(C(C)(C)C)CCCCC2)CCCCC1.[H-].[K+]. The van der Waals surface area contributed by atoms with Gasteiger partial charge >= 0.3 is 63.3 Å². The van der Waals surface area contributed by atoms with E-state index in [1.165, 1.54) is 12.8 Å². The van der Waals surface area contributed by atoms with Gasteiger partial charge < -0.3 is 10.9 Å². The molecule has 28 heavy (non-hydrogen) atoms. The van der Waals surface area contributed by atoms with Gasteiger partial charge in [-0.25, -0.2) is 0 Å². The van der Waals surface area contributed by atoms with E-state index in [-0.39, 0.29) is 70.1 Å². The molecule has 0 amide bonds. The average Bonchev–Trinajstić information content (AvgIpc) is 2.54. The van der Waals surface area contributed by atoms with Gasteiger partial charge in [0.1, 0.15) is 17.6 Å². The van der Waals surface area contributed by atoms with Gasteiger partial charge in [-0.2, -0.15) is 0 Å². The van der Waals surface area contributed by atoms with Crippen LogP contribution < -0.4 is 51.4 Å². The number of ether oxygens (including phenoxy) is 2. The number of carbonyl (C=O) groups excluding carboxylic acids is 2. The summed E-state index contributed by atoms with van der Waals surface area (Å²) in [6, 6.07) is 0. The fourth-order valence-electron chi connectivity index (χ4n) is 4.88. The number of carbonyl (C=O) groups is 2. The van der Waals surface area contributed by atoms with Crippen molar-refractivity contribution in [2.45, 2.75) is 123 Å². The van der Waals surface area contributed by atoms with Gasteiger partial charge in [0.15, 0.2) is 0 Å². The summed E-state index contributed by atoms with van der Waals surface area (Å²) in [5.41, 5.74) is -1.20. The standard InChI is InChI=1S/C23H40O4.K.H/c1-20(2,3)22(13-9-7-10-14-22)26-18(24)17-19(25)27-23(21(4,5)6)15-11-8-12-16-23;;/h7-17H2,1-6H3;;/q;+1;-1. The molecule has 2 aliphatic rings. The van der Waals surface area contributed by atoms with Gasteiger partial charge in [-0.1, -0.05) is 54.4 Å². The first-order valence-corrected chi connectivity index (χ1v) is 10.8. The molecule has 2 saturated carbocycles. The molecule has 0 spiro atoms. The second-order valence-corrected chi connectivity index (χ2v) is 10.7. The van der Waals surface area contributed by atoms with E-state index in [1.807, 2.05) is 0 Å². The van der Waals surface area contributed by atoms with E-state index in [4.69, 9.17) is 9.47 Å². The first-order valence-electron chi connectivity index (χ1n) is 10.8. The smallest absolute Gasteiger partial charge is 1.00 e. The molecule has 0 aromatic carbocycles. The van der Waals surface area contributed by atoms with Gasteiger partial charge in [0.2, 0.25) is 0 Å². The number of hydrogen-bond donors (Lipinski definition) is 0. The maximum absolute atomic E-state index is 12.6. The minimum absolute atomic E-state index is 0. The summed E-state index contributed by atoms with van der Waals surface area (Å²) in [4.78, 5) is 25.3. The zero-order valence-electron chi connectivity index (χ0n) is 20.4. The van der Waals surface area contributed by atoms with Crippen LogP contribution in [0, 0.1) is 10.8 Å². The number of rotatable bonds is 4. The van der Waals surface area contributed by atoms with Crippen LogP contribution in [-0.4, -0.2) is 23.1 Å². The monoisotopic (exact) mass is 420 g/mol. The van der Waals surface area contributed by atoms with Crippen molar-refractivity contribution in [3.8, 4) is 0 Å². The summed E-state index contributed by atoms with van der Waals surface area (Å²) in [5.74, 6) is -0.867. The molecule has 4 nitrogen and oxygen atoms in total. The fraction of sp³-hybridized carbons (Fsp3) is 0.913. The Bertz CT molecular complexity index is 488. The molecule has 0 unspecified atom stereocenters. The van der Waals surface area contributed by atoms with Crippen LogP contribution in [0.4, 0.5) is 0 Å². The molecule has 0 aromatic rings.